The second kappa shape index (κ2) is 6.17. The minimum absolute atomic E-state index is 0.551. The summed E-state index contributed by atoms with van der Waals surface area (Å²) in [6.45, 7) is 8.12. The van der Waals surface area contributed by atoms with Gasteiger partial charge in [-0.15, -0.1) is 5.10 Å². The Morgan fingerprint density at radius 1 is 1.29 bits per heavy atom. The molecule has 0 aromatic carbocycles. The number of fused-ring (bicyclic) bond motifs is 2. The summed E-state index contributed by atoms with van der Waals surface area (Å²) < 4.78 is 0. The molecule has 2 heterocycles. The molecule has 5 heteroatoms. The Kier molecular flexibility index (Phi) is 4.15. The largest absolute Gasteiger partial charge is 0.369 e. The molecule has 0 spiro atoms. The van der Waals surface area contributed by atoms with E-state index in [2.05, 4.69) is 45.6 Å². The van der Waals surface area contributed by atoms with Crippen LogP contribution in [-0.2, 0) is 0 Å². The third-order valence-electron chi connectivity index (χ3n) is 7.15. The first-order chi connectivity index (χ1) is 11.6. The van der Waals surface area contributed by atoms with Crippen LogP contribution in [0.1, 0.15) is 39.5 Å². The van der Waals surface area contributed by atoms with Crippen molar-refractivity contribution < 1.29 is 0 Å². The van der Waals surface area contributed by atoms with Crippen molar-refractivity contribution in [2.75, 3.05) is 36.9 Å². The highest BCUT2D eigenvalue weighted by Crippen LogP contribution is 2.61. The summed E-state index contributed by atoms with van der Waals surface area (Å²) >= 11 is 0. The lowest BCUT2D eigenvalue weighted by Gasteiger charge is -2.60. The van der Waals surface area contributed by atoms with Crippen LogP contribution < -0.4 is 15.5 Å². The van der Waals surface area contributed by atoms with Gasteiger partial charge in [-0.1, -0.05) is 13.8 Å². The van der Waals surface area contributed by atoms with E-state index in [4.69, 9.17) is 0 Å². The summed E-state index contributed by atoms with van der Waals surface area (Å²) in [4.78, 5) is 2.40. The molecule has 3 aliphatic carbocycles. The Labute approximate surface area is 145 Å². The number of hydrogen-bond donors (Lipinski definition) is 2. The van der Waals surface area contributed by atoms with E-state index in [-0.39, 0.29) is 0 Å². The van der Waals surface area contributed by atoms with Crippen LogP contribution in [0, 0.1) is 23.2 Å². The van der Waals surface area contributed by atoms with Crippen molar-refractivity contribution >= 4 is 11.5 Å². The summed E-state index contributed by atoms with van der Waals surface area (Å²) in [5.41, 5.74) is 1.74. The SMILES string of the molecule is CN[C@@H]1CCN(c2cnnc(NCC3CCC4CC3C4(C)C)c2)C1. The van der Waals surface area contributed by atoms with Gasteiger partial charge in [0.15, 0.2) is 5.82 Å². The Morgan fingerprint density at radius 3 is 2.88 bits per heavy atom. The van der Waals surface area contributed by atoms with E-state index in [0.717, 1.165) is 43.2 Å². The normalized spacial score (nSPS) is 34.0. The first kappa shape index (κ1) is 16.1. The van der Waals surface area contributed by atoms with Crippen molar-refractivity contribution in [2.24, 2.45) is 23.2 Å². The Balaban J connectivity index is 1.36. The zero-order valence-electron chi connectivity index (χ0n) is 15.3. The highest BCUT2D eigenvalue weighted by atomic mass is 15.2. The van der Waals surface area contributed by atoms with Crippen LogP contribution in [0.2, 0.25) is 0 Å². The maximum absolute atomic E-state index is 4.31. The fourth-order valence-electron chi connectivity index (χ4n) is 5.29. The molecule has 3 unspecified atom stereocenters. The quantitative estimate of drug-likeness (QED) is 0.870. The van der Waals surface area contributed by atoms with Crippen LogP contribution in [0.15, 0.2) is 12.3 Å². The Hall–Kier alpha value is -1.36. The minimum Gasteiger partial charge on any atom is -0.369 e. The molecule has 24 heavy (non-hydrogen) atoms. The van der Waals surface area contributed by atoms with Gasteiger partial charge in [0, 0.05) is 31.7 Å². The summed E-state index contributed by atoms with van der Waals surface area (Å²) in [5, 5.41) is 15.5. The monoisotopic (exact) mass is 329 g/mol. The molecule has 5 nitrogen and oxygen atoms in total. The van der Waals surface area contributed by atoms with Gasteiger partial charge in [-0.25, -0.2) is 0 Å². The number of rotatable bonds is 5. The van der Waals surface area contributed by atoms with E-state index in [1.54, 1.807) is 0 Å². The first-order valence-electron chi connectivity index (χ1n) is 9.56. The Bertz CT molecular complexity index is 585. The molecule has 0 amide bonds. The van der Waals surface area contributed by atoms with E-state index in [1.807, 2.05) is 13.2 Å². The zero-order chi connectivity index (χ0) is 16.7. The number of likely N-dealkylation sites (N-methyl/N-ethyl adjacent to an activating group) is 1. The van der Waals surface area contributed by atoms with Crippen molar-refractivity contribution in [1.82, 2.24) is 15.5 Å². The lowest BCUT2D eigenvalue weighted by molar-refractivity contribution is -0.100. The topological polar surface area (TPSA) is 53.1 Å². The lowest BCUT2D eigenvalue weighted by atomic mass is 9.45. The maximum atomic E-state index is 4.31. The van der Waals surface area contributed by atoms with Gasteiger partial charge in [0.05, 0.1) is 11.9 Å². The maximum Gasteiger partial charge on any atom is 0.150 e. The standard InChI is InChI=1S/C19H31N5/c1-19(2)14-5-4-13(17(19)8-14)10-21-18-9-16(11-22-23-18)24-7-6-15(12-24)20-3/h9,11,13-15,17,20H,4-8,10,12H2,1-3H3,(H,21,23)/t13?,14?,15-,17?/m1/s1. The van der Waals surface area contributed by atoms with Crippen LogP contribution in [0.4, 0.5) is 11.5 Å². The lowest BCUT2D eigenvalue weighted by Crippen LogP contribution is -2.53. The summed E-state index contributed by atoms with van der Waals surface area (Å²) in [6.07, 6.45) is 7.30. The molecular weight excluding hydrogens is 298 g/mol. The number of hydrogen-bond acceptors (Lipinski definition) is 5. The van der Waals surface area contributed by atoms with Crippen molar-refractivity contribution in [2.45, 2.75) is 45.6 Å². The molecule has 3 saturated carbocycles. The molecule has 0 radical (unpaired) electrons. The predicted octanol–water partition coefficient (Wildman–Crippen LogP) is 2.76. The fraction of sp³-hybridized carbons (Fsp3) is 0.789. The molecule has 4 aliphatic rings. The molecule has 132 valence electrons. The van der Waals surface area contributed by atoms with Gasteiger partial charge in [0.1, 0.15) is 0 Å². The van der Waals surface area contributed by atoms with Crippen LogP contribution in [0.3, 0.4) is 0 Å². The molecular formula is C19H31N5. The van der Waals surface area contributed by atoms with E-state index in [9.17, 15) is 0 Å². The van der Waals surface area contributed by atoms with Gasteiger partial charge in [-0.05, 0) is 55.9 Å². The van der Waals surface area contributed by atoms with Gasteiger partial charge in [0.2, 0.25) is 0 Å². The van der Waals surface area contributed by atoms with Gasteiger partial charge < -0.3 is 15.5 Å². The van der Waals surface area contributed by atoms with E-state index < -0.39 is 0 Å². The Morgan fingerprint density at radius 2 is 2.17 bits per heavy atom. The molecule has 4 fully saturated rings. The highest BCUT2D eigenvalue weighted by molar-refractivity contribution is 5.53. The highest BCUT2D eigenvalue weighted by Gasteiger charge is 2.53. The van der Waals surface area contributed by atoms with Crippen molar-refractivity contribution in [1.29, 1.82) is 0 Å². The third-order valence-corrected chi connectivity index (χ3v) is 7.15. The smallest absolute Gasteiger partial charge is 0.150 e. The first-order valence-corrected chi connectivity index (χ1v) is 9.56. The van der Waals surface area contributed by atoms with Crippen LogP contribution in [0.5, 0.6) is 0 Å². The summed E-state index contributed by atoms with van der Waals surface area (Å²) in [6, 6.07) is 2.76. The molecule has 2 N–H and O–H groups in total. The number of aromatic nitrogens is 2. The number of anilines is 2. The van der Waals surface area contributed by atoms with Crippen LogP contribution in [0.25, 0.3) is 0 Å². The molecule has 1 aliphatic heterocycles. The van der Waals surface area contributed by atoms with Crippen molar-refractivity contribution in [3.8, 4) is 0 Å². The van der Waals surface area contributed by atoms with Gasteiger partial charge in [-0.3, -0.25) is 0 Å². The molecule has 4 atom stereocenters. The average molecular weight is 329 g/mol. The van der Waals surface area contributed by atoms with E-state index in [1.165, 1.54) is 31.4 Å². The number of nitrogens with one attached hydrogen (secondary N) is 2. The van der Waals surface area contributed by atoms with Crippen molar-refractivity contribution in [3.05, 3.63) is 12.3 Å². The molecule has 1 saturated heterocycles. The molecule has 1 aromatic rings. The fourth-order valence-corrected chi connectivity index (χ4v) is 5.29. The van der Waals surface area contributed by atoms with Gasteiger partial charge in [0.25, 0.3) is 0 Å². The van der Waals surface area contributed by atoms with Gasteiger partial charge >= 0.3 is 0 Å². The predicted molar refractivity (Wildman–Crippen MR) is 98.3 cm³/mol. The summed E-state index contributed by atoms with van der Waals surface area (Å²) in [7, 11) is 2.04. The van der Waals surface area contributed by atoms with Crippen LogP contribution in [-0.4, -0.2) is 42.9 Å². The molecule has 5 rings (SSSR count). The molecule has 2 bridgehead atoms. The second-order valence-corrected chi connectivity index (χ2v) is 8.60. The minimum atomic E-state index is 0.551. The zero-order valence-corrected chi connectivity index (χ0v) is 15.3. The molecule has 1 aromatic heterocycles. The second-order valence-electron chi connectivity index (χ2n) is 8.60. The van der Waals surface area contributed by atoms with Crippen LogP contribution >= 0.6 is 0 Å². The number of nitrogens with zero attached hydrogens (tertiary/aromatic N) is 3. The summed E-state index contributed by atoms with van der Waals surface area (Å²) in [5.74, 6) is 3.57. The average Bonchev–Trinajstić information content (AvgIpc) is 3.09. The third kappa shape index (κ3) is 2.77. The van der Waals surface area contributed by atoms with Gasteiger partial charge in [-0.2, -0.15) is 5.10 Å². The van der Waals surface area contributed by atoms with E-state index in [0.29, 0.717) is 11.5 Å². The van der Waals surface area contributed by atoms with Crippen molar-refractivity contribution in [3.63, 3.8) is 0 Å². The van der Waals surface area contributed by atoms with E-state index >= 15 is 0 Å².